The van der Waals surface area contributed by atoms with Crippen LogP contribution in [0.4, 0.5) is 10.8 Å². The highest BCUT2D eigenvalue weighted by molar-refractivity contribution is 8.00. The topological polar surface area (TPSA) is 71.1 Å². The third-order valence-electron chi connectivity index (χ3n) is 6.02. The number of thioether (sulfide) groups is 1. The molecule has 0 fully saturated rings. The predicted octanol–water partition coefficient (Wildman–Crippen LogP) is 7.77. The number of carbonyl (C=O) groups excluding carboxylic acids is 2. The fraction of sp³-hybridized carbons (Fsp3) is 0.0938. The van der Waals surface area contributed by atoms with E-state index < -0.39 is 5.25 Å². The Hall–Kier alpha value is -4.20. The van der Waals surface area contributed by atoms with Crippen molar-refractivity contribution in [2.45, 2.75) is 23.5 Å². The molecule has 1 atom stereocenters. The molecule has 0 bridgehead atoms. The molecule has 2 N–H and O–H groups in total. The van der Waals surface area contributed by atoms with E-state index in [2.05, 4.69) is 27.8 Å². The van der Waals surface area contributed by atoms with E-state index in [9.17, 15) is 9.59 Å². The van der Waals surface area contributed by atoms with Gasteiger partial charge in [-0.25, -0.2) is 4.98 Å². The van der Waals surface area contributed by atoms with Crippen LogP contribution in [0.25, 0.3) is 11.3 Å². The van der Waals surface area contributed by atoms with Gasteiger partial charge in [0.1, 0.15) is 5.25 Å². The lowest BCUT2D eigenvalue weighted by atomic mass is 10.1. The molecule has 1 aromatic heterocycles. The Morgan fingerprint density at radius 3 is 2.18 bits per heavy atom. The third-order valence-corrected chi connectivity index (χ3v) is 8.05. The second kappa shape index (κ2) is 12.6. The molecule has 0 saturated carbocycles. The third kappa shape index (κ3) is 7.22. The summed E-state index contributed by atoms with van der Waals surface area (Å²) < 4.78 is 0. The van der Waals surface area contributed by atoms with Gasteiger partial charge in [0.15, 0.2) is 5.13 Å². The Labute approximate surface area is 236 Å². The fourth-order valence-electron chi connectivity index (χ4n) is 4.00. The molecule has 0 aliphatic rings. The number of rotatable bonds is 9. The van der Waals surface area contributed by atoms with Gasteiger partial charge in [0, 0.05) is 21.5 Å². The number of thiazole rings is 1. The first kappa shape index (κ1) is 26.4. The molecule has 4 aromatic carbocycles. The van der Waals surface area contributed by atoms with Gasteiger partial charge in [0.25, 0.3) is 0 Å². The molecule has 1 unspecified atom stereocenters. The van der Waals surface area contributed by atoms with Crippen LogP contribution in [0.2, 0.25) is 0 Å². The normalized spacial score (nSPS) is 11.5. The summed E-state index contributed by atoms with van der Waals surface area (Å²) in [6.45, 7) is 2.05. The zero-order chi connectivity index (χ0) is 27.0. The zero-order valence-electron chi connectivity index (χ0n) is 21.3. The SMILES string of the molecule is Cc1ccc(-c2csc(NC(=O)C(Sc3ccc(NC(=O)Cc4ccccc4)cc3)c3ccccc3)n2)cc1. The van der Waals surface area contributed by atoms with Crippen LogP contribution in [-0.2, 0) is 16.0 Å². The second-order valence-electron chi connectivity index (χ2n) is 9.04. The first-order valence-corrected chi connectivity index (χ1v) is 14.3. The fourth-order valence-corrected chi connectivity index (χ4v) is 5.75. The number of aromatic nitrogens is 1. The summed E-state index contributed by atoms with van der Waals surface area (Å²) in [5.74, 6) is -0.215. The lowest BCUT2D eigenvalue weighted by molar-refractivity contribution is -0.116. The number of carbonyl (C=O) groups is 2. The van der Waals surface area contributed by atoms with E-state index in [1.54, 1.807) is 0 Å². The first-order valence-electron chi connectivity index (χ1n) is 12.5. The van der Waals surface area contributed by atoms with Gasteiger partial charge in [0.2, 0.25) is 11.8 Å². The van der Waals surface area contributed by atoms with E-state index in [0.717, 1.165) is 27.3 Å². The Bertz CT molecular complexity index is 1530. The Morgan fingerprint density at radius 2 is 1.49 bits per heavy atom. The largest absolute Gasteiger partial charge is 0.326 e. The van der Waals surface area contributed by atoms with Crippen LogP contribution in [0, 0.1) is 6.92 Å². The van der Waals surface area contributed by atoms with Crippen LogP contribution in [-0.4, -0.2) is 16.8 Å². The van der Waals surface area contributed by atoms with Crippen molar-refractivity contribution in [2.75, 3.05) is 10.6 Å². The van der Waals surface area contributed by atoms with Crippen LogP contribution < -0.4 is 10.6 Å². The van der Waals surface area contributed by atoms with Crippen LogP contribution in [0.15, 0.2) is 119 Å². The summed E-state index contributed by atoms with van der Waals surface area (Å²) in [5.41, 5.74) is 5.62. The zero-order valence-corrected chi connectivity index (χ0v) is 23.0. The maximum Gasteiger partial charge on any atom is 0.244 e. The summed E-state index contributed by atoms with van der Waals surface area (Å²) in [7, 11) is 0. The molecule has 7 heteroatoms. The molecular weight excluding hydrogens is 523 g/mol. The number of benzene rings is 4. The van der Waals surface area contributed by atoms with Crippen molar-refractivity contribution < 1.29 is 9.59 Å². The average molecular weight is 550 g/mol. The molecule has 0 aliphatic heterocycles. The molecule has 0 aliphatic carbocycles. The van der Waals surface area contributed by atoms with E-state index in [4.69, 9.17) is 0 Å². The van der Waals surface area contributed by atoms with Crippen molar-refractivity contribution in [1.29, 1.82) is 0 Å². The Balaban J connectivity index is 1.26. The summed E-state index contributed by atoms with van der Waals surface area (Å²) >= 11 is 2.87. The van der Waals surface area contributed by atoms with Gasteiger partial charge >= 0.3 is 0 Å². The van der Waals surface area contributed by atoms with Gasteiger partial charge in [-0.1, -0.05) is 90.5 Å². The van der Waals surface area contributed by atoms with Crippen molar-refractivity contribution >= 4 is 45.7 Å². The quantitative estimate of drug-likeness (QED) is 0.184. The summed E-state index contributed by atoms with van der Waals surface area (Å²) in [4.78, 5) is 31.5. The van der Waals surface area contributed by atoms with Crippen LogP contribution in [0.5, 0.6) is 0 Å². The van der Waals surface area contributed by atoms with E-state index in [-0.39, 0.29) is 11.8 Å². The molecule has 39 heavy (non-hydrogen) atoms. The lowest BCUT2D eigenvalue weighted by Crippen LogP contribution is -2.19. The molecule has 5 rings (SSSR count). The second-order valence-corrected chi connectivity index (χ2v) is 11.1. The molecule has 2 amide bonds. The standard InChI is InChI=1S/C32H27N3O2S2/c1-22-12-14-24(15-13-22)28-21-38-32(34-28)35-31(37)30(25-10-6-3-7-11-25)39-27-18-16-26(17-19-27)33-29(36)20-23-8-4-2-5-9-23/h2-19,21,30H,20H2,1H3,(H,33,36)(H,34,35,37). The maximum absolute atomic E-state index is 13.5. The van der Waals surface area contributed by atoms with E-state index in [0.29, 0.717) is 17.2 Å². The number of nitrogens with one attached hydrogen (secondary N) is 2. The average Bonchev–Trinajstić information content (AvgIpc) is 3.42. The van der Waals surface area contributed by atoms with Crippen molar-refractivity contribution in [1.82, 2.24) is 4.98 Å². The highest BCUT2D eigenvalue weighted by Crippen LogP contribution is 2.37. The van der Waals surface area contributed by atoms with Crippen molar-refractivity contribution in [3.05, 3.63) is 131 Å². The van der Waals surface area contributed by atoms with Gasteiger partial charge in [-0.15, -0.1) is 23.1 Å². The van der Waals surface area contributed by atoms with Crippen LogP contribution >= 0.6 is 23.1 Å². The minimum absolute atomic E-state index is 0.0726. The van der Waals surface area contributed by atoms with E-state index in [1.165, 1.54) is 28.7 Å². The van der Waals surface area contributed by atoms with Crippen LogP contribution in [0.1, 0.15) is 21.9 Å². The van der Waals surface area contributed by atoms with Crippen LogP contribution in [0.3, 0.4) is 0 Å². The van der Waals surface area contributed by atoms with Gasteiger partial charge in [0.05, 0.1) is 12.1 Å². The highest BCUT2D eigenvalue weighted by atomic mass is 32.2. The van der Waals surface area contributed by atoms with Crippen molar-refractivity contribution in [3.8, 4) is 11.3 Å². The number of hydrogen-bond donors (Lipinski definition) is 2. The predicted molar refractivity (Wildman–Crippen MR) is 161 cm³/mol. The number of aryl methyl sites for hydroxylation is 1. The van der Waals surface area contributed by atoms with E-state index in [1.807, 2.05) is 109 Å². The first-order chi connectivity index (χ1) is 19.0. The molecule has 194 valence electrons. The molecule has 5 aromatic rings. The summed E-state index contributed by atoms with van der Waals surface area (Å²) in [6, 6.07) is 35.1. The van der Waals surface area contributed by atoms with Crippen molar-refractivity contribution in [3.63, 3.8) is 0 Å². The number of hydrogen-bond acceptors (Lipinski definition) is 5. The number of amides is 2. The number of anilines is 2. The monoisotopic (exact) mass is 549 g/mol. The minimum Gasteiger partial charge on any atom is -0.326 e. The summed E-state index contributed by atoms with van der Waals surface area (Å²) in [6.07, 6.45) is 0.315. The smallest absolute Gasteiger partial charge is 0.244 e. The Morgan fingerprint density at radius 1 is 0.821 bits per heavy atom. The minimum atomic E-state index is -0.476. The number of nitrogens with zero attached hydrogens (tertiary/aromatic N) is 1. The lowest BCUT2D eigenvalue weighted by Gasteiger charge is -2.16. The molecule has 0 radical (unpaired) electrons. The molecule has 1 heterocycles. The van der Waals surface area contributed by atoms with Gasteiger partial charge < -0.3 is 10.6 Å². The Kier molecular flexibility index (Phi) is 8.51. The van der Waals surface area contributed by atoms with Gasteiger partial charge in [-0.2, -0.15) is 0 Å². The molecular formula is C32H27N3O2S2. The van der Waals surface area contributed by atoms with Gasteiger partial charge in [-0.3, -0.25) is 9.59 Å². The van der Waals surface area contributed by atoms with Crippen molar-refractivity contribution in [2.24, 2.45) is 0 Å². The summed E-state index contributed by atoms with van der Waals surface area (Å²) in [5, 5.41) is 8.00. The molecule has 0 saturated heterocycles. The van der Waals surface area contributed by atoms with Gasteiger partial charge in [-0.05, 0) is 42.3 Å². The van der Waals surface area contributed by atoms with E-state index >= 15 is 0 Å². The maximum atomic E-state index is 13.5. The molecule has 0 spiro atoms. The molecule has 5 nitrogen and oxygen atoms in total. The highest BCUT2D eigenvalue weighted by Gasteiger charge is 2.23.